The van der Waals surface area contributed by atoms with Gasteiger partial charge < -0.3 is 13.8 Å². The van der Waals surface area contributed by atoms with Crippen LogP contribution in [0.1, 0.15) is 47.0 Å². The molecule has 0 radical (unpaired) electrons. The highest BCUT2D eigenvalue weighted by atomic mass is 16.5. The van der Waals surface area contributed by atoms with E-state index in [-0.39, 0.29) is 6.04 Å². The Hall–Kier alpha value is -3.38. The van der Waals surface area contributed by atoms with Gasteiger partial charge in [0.05, 0.1) is 30.9 Å². The number of ether oxygens (including phenoxy) is 1. The first-order chi connectivity index (χ1) is 16.0. The number of rotatable bonds is 6. The Morgan fingerprint density at radius 3 is 2.70 bits per heavy atom. The number of hydrogen-bond donors (Lipinski definition) is 0. The maximum absolute atomic E-state index is 5.98. The summed E-state index contributed by atoms with van der Waals surface area (Å²) in [7, 11) is 3.87. The predicted octanol–water partition coefficient (Wildman–Crippen LogP) is 5.66. The van der Waals surface area contributed by atoms with Crippen molar-refractivity contribution in [2.45, 2.75) is 45.7 Å². The van der Waals surface area contributed by atoms with Crippen LogP contribution in [0.4, 0.5) is 0 Å². The van der Waals surface area contributed by atoms with Gasteiger partial charge in [0.25, 0.3) is 0 Å². The number of imidazole rings is 1. The second-order valence-electron chi connectivity index (χ2n) is 8.99. The van der Waals surface area contributed by atoms with Gasteiger partial charge in [-0.3, -0.25) is 4.90 Å². The van der Waals surface area contributed by atoms with E-state index in [1.807, 2.05) is 23.8 Å². The number of hydrogen-bond acceptors (Lipinski definition) is 5. The second-order valence-corrected chi connectivity index (χ2v) is 8.99. The molecule has 2 aromatic heterocycles. The molecule has 0 aliphatic heterocycles. The van der Waals surface area contributed by atoms with E-state index in [9.17, 15) is 0 Å². The van der Waals surface area contributed by atoms with E-state index in [0.29, 0.717) is 0 Å². The summed E-state index contributed by atoms with van der Waals surface area (Å²) in [6.07, 6.45) is 6.97. The molecule has 6 nitrogen and oxygen atoms in total. The standard InChI is InChI=1S/C27H30N4O2/c1-18-8-10-20(11-9-18)16-30(3)24-7-5-6-22-26(29-33-27(22)24)21-12-13-23(25(14-21)32-4)31-15-19(2)28-17-31/h8-15,17,24H,5-7,16H2,1-4H3. The minimum absolute atomic E-state index is 0.228. The molecular formula is C27H30N4O2. The van der Waals surface area contributed by atoms with Gasteiger partial charge in [0, 0.05) is 23.9 Å². The number of benzene rings is 2. The molecule has 170 valence electrons. The summed E-state index contributed by atoms with van der Waals surface area (Å²) in [5.74, 6) is 1.78. The van der Waals surface area contributed by atoms with E-state index < -0.39 is 0 Å². The zero-order valence-corrected chi connectivity index (χ0v) is 19.7. The van der Waals surface area contributed by atoms with E-state index >= 15 is 0 Å². The summed E-state index contributed by atoms with van der Waals surface area (Å²) in [6.45, 7) is 4.98. The minimum Gasteiger partial charge on any atom is -0.495 e. The van der Waals surface area contributed by atoms with Gasteiger partial charge in [-0.15, -0.1) is 0 Å². The van der Waals surface area contributed by atoms with E-state index in [4.69, 9.17) is 9.26 Å². The first-order valence-corrected chi connectivity index (χ1v) is 11.5. The quantitative estimate of drug-likeness (QED) is 0.385. The molecule has 33 heavy (non-hydrogen) atoms. The average molecular weight is 443 g/mol. The van der Waals surface area contributed by atoms with Crippen LogP contribution in [0, 0.1) is 13.8 Å². The summed E-state index contributed by atoms with van der Waals surface area (Å²) < 4.78 is 13.7. The lowest BCUT2D eigenvalue weighted by Gasteiger charge is -2.29. The van der Waals surface area contributed by atoms with Crippen molar-refractivity contribution in [2.75, 3.05) is 14.2 Å². The number of nitrogens with zero attached hydrogens (tertiary/aromatic N) is 4. The van der Waals surface area contributed by atoms with Crippen LogP contribution in [-0.2, 0) is 13.0 Å². The zero-order chi connectivity index (χ0) is 22.9. The number of methoxy groups -OCH3 is 1. The molecule has 5 rings (SSSR count). The van der Waals surface area contributed by atoms with Gasteiger partial charge in [-0.2, -0.15) is 0 Å². The molecule has 0 bridgehead atoms. The molecule has 0 N–H and O–H groups in total. The topological polar surface area (TPSA) is 56.3 Å². The molecule has 2 heterocycles. The highest BCUT2D eigenvalue weighted by molar-refractivity contribution is 5.68. The van der Waals surface area contributed by atoms with Crippen LogP contribution in [-0.4, -0.2) is 33.8 Å². The smallest absolute Gasteiger partial charge is 0.157 e. The largest absolute Gasteiger partial charge is 0.495 e. The van der Waals surface area contributed by atoms with Crippen molar-refractivity contribution in [3.8, 4) is 22.7 Å². The Labute approximate surface area is 194 Å². The van der Waals surface area contributed by atoms with Crippen LogP contribution in [0.25, 0.3) is 16.9 Å². The normalized spacial score (nSPS) is 15.6. The fraction of sp³-hybridized carbons (Fsp3) is 0.333. The maximum atomic E-state index is 5.98. The first kappa shape index (κ1) is 21.5. The third-order valence-electron chi connectivity index (χ3n) is 6.55. The van der Waals surface area contributed by atoms with Crippen molar-refractivity contribution in [1.82, 2.24) is 19.6 Å². The molecule has 0 saturated carbocycles. The monoisotopic (exact) mass is 442 g/mol. The van der Waals surface area contributed by atoms with Crippen molar-refractivity contribution < 1.29 is 9.26 Å². The van der Waals surface area contributed by atoms with Crippen LogP contribution in [0.5, 0.6) is 5.75 Å². The van der Waals surface area contributed by atoms with Crippen molar-refractivity contribution in [1.29, 1.82) is 0 Å². The predicted molar refractivity (Wildman–Crippen MR) is 129 cm³/mol. The Bertz CT molecular complexity index is 1260. The van der Waals surface area contributed by atoms with Crippen LogP contribution < -0.4 is 4.74 Å². The summed E-state index contributed by atoms with van der Waals surface area (Å²) in [5, 5.41) is 4.52. The average Bonchev–Trinajstić information content (AvgIpc) is 3.46. The fourth-order valence-electron chi connectivity index (χ4n) is 4.76. The highest BCUT2D eigenvalue weighted by Crippen LogP contribution is 2.40. The highest BCUT2D eigenvalue weighted by Gasteiger charge is 2.31. The van der Waals surface area contributed by atoms with Crippen LogP contribution in [0.2, 0.25) is 0 Å². The Morgan fingerprint density at radius 2 is 1.97 bits per heavy atom. The van der Waals surface area contributed by atoms with Crippen molar-refractivity contribution in [2.24, 2.45) is 0 Å². The first-order valence-electron chi connectivity index (χ1n) is 11.5. The molecule has 0 fully saturated rings. The van der Waals surface area contributed by atoms with Gasteiger partial charge in [-0.1, -0.05) is 41.1 Å². The lowest BCUT2D eigenvalue weighted by Crippen LogP contribution is -2.27. The molecule has 4 aromatic rings. The summed E-state index contributed by atoms with van der Waals surface area (Å²) in [6, 6.07) is 15.2. The zero-order valence-electron chi connectivity index (χ0n) is 19.7. The van der Waals surface area contributed by atoms with Crippen molar-refractivity contribution in [3.63, 3.8) is 0 Å². The Balaban J connectivity index is 1.43. The van der Waals surface area contributed by atoms with Gasteiger partial charge in [0.2, 0.25) is 0 Å². The molecule has 1 atom stereocenters. The lowest BCUT2D eigenvalue weighted by atomic mass is 9.89. The molecule has 1 unspecified atom stereocenters. The Morgan fingerprint density at radius 1 is 1.15 bits per heavy atom. The summed E-state index contributed by atoms with van der Waals surface area (Å²) >= 11 is 0. The van der Waals surface area contributed by atoms with Crippen LogP contribution in [0.15, 0.2) is 59.5 Å². The maximum Gasteiger partial charge on any atom is 0.157 e. The third kappa shape index (κ3) is 4.18. The lowest BCUT2D eigenvalue weighted by molar-refractivity contribution is 0.173. The fourth-order valence-corrected chi connectivity index (χ4v) is 4.76. The molecule has 1 aliphatic rings. The van der Waals surface area contributed by atoms with Crippen LogP contribution in [0.3, 0.4) is 0 Å². The molecule has 6 heteroatoms. The van der Waals surface area contributed by atoms with Crippen molar-refractivity contribution >= 4 is 0 Å². The minimum atomic E-state index is 0.228. The summed E-state index contributed by atoms with van der Waals surface area (Å²) in [5.41, 5.74) is 7.66. The molecule has 0 amide bonds. The third-order valence-corrected chi connectivity index (χ3v) is 6.55. The van der Waals surface area contributed by atoms with Crippen LogP contribution >= 0.6 is 0 Å². The summed E-state index contributed by atoms with van der Waals surface area (Å²) in [4.78, 5) is 6.71. The molecule has 0 spiro atoms. The van der Waals surface area contributed by atoms with Gasteiger partial charge in [0.15, 0.2) is 5.76 Å². The molecule has 2 aromatic carbocycles. The van der Waals surface area contributed by atoms with Gasteiger partial charge >= 0.3 is 0 Å². The van der Waals surface area contributed by atoms with Gasteiger partial charge in [-0.05, 0) is 57.9 Å². The number of aromatic nitrogens is 3. The van der Waals surface area contributed by atoms with E-state index in [1.165, 1.54) is 16.7 Å². The van der Waals surface area contributed by atoms with E-state index in [1.54, 1.807) is 13.4 Å². The molecule has 1 aliphatic carbocycles. The van der Waals surface area contributed by atoms with Gasteiger partial charge in [0.1, 0.15) is 11.4 Å². The number of aryl methyl sites for hydroxylation is 2. The number of fused-ring (bicyclic) bond motifs is 1. The van der Waals surface area contributed by atoms with Crippen molar-refractivity contribution in [3.05, 3.63) is 83.1 Å². The molecule has 0 saturated heterocycles. The molecular weight excluding hydrogens is 412 g/mol. The Kier molecular flexibility index (Phi) is 5.77. The van der Waals surface area contributed by atoms with Gasteiger partial charge in [-0.25, -0.2) is 4.98 Å². The van der Waals surface area contributed by atoms with E-state index in [0.717, 1.165) is 60.0 Å². The van der Waals surface area contributed by atoms with E-state index in [2.05, 4.69) is 65.4 Å². The second kappa shape index (κ2) is 8.87. The SMILES string of the molecule is COc1cc(-c2noc3c2CCCC3N(C)Cc2ccc(C)cc2)ccc1-n1cnc(C)c1.